The average Bonchev–Trinajstić information content (AvgIpc) is 4.08. The number of carbonyl (C=O) groups excluding carboxylic acids is 4. The predicted octanol–water partition coefficient (Wildman–Crippen LogP) is 5.15. The Labute approximate surface area is 332 Å². The Morgan fingerprint density at radius 3 is 1.77 bits per heavy atom. The van der Waals surface area contributed by atoms with E-state index in [2.05, 4.69) is 49.9 Å². The average molecular weight is 785 g/mol. The molecule has 16 nitrogen and oxygen atoms in total. The highest BCUT2D eigenvalue weighted by Crippen LogP contribution is 2.39. The van der Waals surface area contributed by atoms with E-state index >= 15 is 0 Å². The van der Waals surface area contributed by atoms with Crippen molar-refractivity contribution >= 4 is 24.0 Å². The molecule has 4 heterocycles. The maximum atomic E-state index is 13.8. The second kappa shape index (κ2) is 17.6. The van der Waals surface area contributed by atoms with Crippen molar-refractivity contribution in [3.63, 3.8) is 0 Å². The summed E-state index contributed by atoms with van der Waals surface area (Å²) >= 11 is 0. The monoisotopic (exact) mass is 784 g/mol. The first-order valence-electron chi connectivity index (χ1n) is 19.1. The van der Waals surface area contributed by atoms with Crippen molar-refractivity contribution in [3.05, 3.63) is 72.6 Å². The van der Waals surface area contributed by atoms with Crippen molar-refractivity contribution < 1.29 is 38.1 Å². The lowest BCUT2D eigenvalue weighted by Gasteiger charge is -2.37. The molecule has 1 unspecified atom stereocenters. The van der Waals surface area contributed by atoms with Crippen LogP contribution in [0, 0.1) is 0 Å². The Morgan fingerprint density at radius 2 is 1.23 bits per heavy atom. The second-order valence-corrected chi connectivity index (χ2v) is 14.6. The van der Waals surface area contributed by atoms with Crippen LogP contribution < -0.4 is 10.6 Å². The van der Waals surface area contributed by atoms with Gasteiger partial charge in [-0.1, -0.05) is 48.5 Å². The zero-order valence-corrected chi connectivity index (χ0v) is 33.5. The van der Waals surface area contributed by atoms with Crippen LogP contribution in [0.4, 0.5) is 9.59 Å². The molecule has 0 spiro atoms. The van der Waals surface area contributed by atoms with E-state index in [4.69, 9.17) is 23.9 Å². The number of nitrogens with one attached hydrogen (secondary N) is 4. The van der Waals surface area contributed by atoms with Crippen molar-refractivity contribution in [2.24, 2.45) is 0 Å². The first-order chi connectivity index (χ1) is 27.4. The van der Waals surface area contributed by atoms with Gasteiger partial charge in [-0.05, 0) is 68.7 Å². The number of benzene rings is 2. The maximum Gasteiger partial charge on any atom is 0.407 e. The van der Waals surface area contributed by atoms with Crippen LogP contribution in [0.25, 0.3) is 33.6 Å². The van der Waals surface area contributed by atoms with E-state index in [0.717, 1.165) is 52.9 Å². The minimum atomic E-state index is -0.920. The zero-order valence-electron chi connectivity index (χ0n) is 33.5. The van der Waals surface area contributed by atoms with Crippen LogP contribution in [0.3, 0.4) is 0 Å². The lowest BCUT2D eigenvalue weighted by Crippen LogP contribution is -2.57. The van der Waals surface area contributed by atoms with Crippen molar-refractivity contribution in [1.29, 1.82) is 0 Å². The third kappa shape index (κ3) is 8.51. The third-order valence-electron chi connectivity index (χ3n) is 11.3. The highest BCUT2D eigenvalue weighted by atomic mass is 16.5. The van der Waals surface area contributed by atoms with Crippen LogP contribution in [0.5, 0.6) is 0 Å². The molecule has 57 heavy (non-hydrogen) atoms. The molecule has 0 aliphatic carbocycles. The number of likely N-dealkylation sites (tertiary alicyclic amines) is 2. The number of nitrogens with zero attached hydrogens (tertiary/aromatic N) is 4. The predicted molar refractivity (Wildman–Crippen MR) is 211 cm³/mol. The first-order valence-corrected chi connectivity index (χ1v) is 19.1. The molecule has 2 saturated heterocycles. The Balaban J connectivity index is 1.13. The molecule has 2 aromatic heterocycles. The minimum absolute atomic E-state index is 0.252. The molecule has 2 aliphatic rings. The minimum Gasteiger partial charge on any atom is -0.453 e. The van der Waals surface area contributed by atoms with Crippen LogP contribution in [0.1, 0.15) is 64.1 Å². The number of aromatic nitrogens is 4. The lowest BCUT2D eigenvalue weighted by atomic mass is 9.96. The number of hydrogen-bond donors (Lipinski definition) is 4. The second-order valence-electron chi connectivity index (χ2n) is 14.6. The fraction of sp³-hybridized carbons (Fsp3) is 0.463. The Bertz CT molecular complexity index is 2030. The molecular weight excluding hydrogens is 732 g/mol. The van der Waals surface area contributed by atoms with Crippen LogP contribution in [0.15, 0.2) is 60.9 Å². The van der Waals surface area contributed by atoms with Crippen molar-refractivity contribution in [2.45, 2.75) is 82.3 Å². The molecule has 4 N–H and O–H groups in total. The SMILES string of the molecule is COC(=O)N[C@H](C(=O)N1CCC[C@H]1c1ncc(-c2ccc(-c3ccc(-c4cnc(C5(C)CCCN5C(=O)[C@@H](NC(=O)OC)[C@@H](C)OC)[nH]4)cc3)cc2)[nH]1)[C@@H](C)OC. The fourth-order valence-electron chi connectivity index (χ4n) is 7.71. The Kier molecular flexibility index (Phi) is 12.6. The normalized spacial score (nSPS) is 20.1. The van der Waals surface area contributed by atoms with Gasteiger partial charge in [-0.3, -0.25) is 9.59 Å². The highest BCUT2D eigenvalue weighted by Gasteiger charge is 2.46. The van der Waals surface area contributed by atoms with E-state index in [1.54, 1.807) is 36.0 Å². The number of hydrogen-bond acceptors (Lipinski definition) is 10. The summed E-state index contributed by atoms with van der Waals surface area (Å²) in [5.74, 6) is 0.833. The van der Waals surface area contributed by atoms with Crippen molar-refractivity contribution in [1.82, 2.24) is 40.4 Å². The molecule has 2 fully saturated rings. The summed E-state index contributed by atoms with van der Waals surface area (Å²) < 4.78 is 20.3. The highest BCUT2D eigenvalue weighted by molar-refractivity contribution is 5.88. The zero-order chi connectivity index (χ0) is 40.9. The summed E-state index contributed by atoms with van der Waals surface area (Å²) in [7, 11) is 5.50. The topological polar surface area (TPSA) is 193 Å². The van der Waals surface area contributed by atoms with Gasteiger partial charge in [0.2, 0.25) is 11.8 Å². The van der Waals surface area contributed by atoms with Gasteiger partial charge in [-0.2, -0.15) is 0 Å². The van der Waals surface area contributed by atoms with E-state index in [-0.39, 0.29) is 17.9 Å². The quantitative estimate of drug-likeness (QED) is 0.141. The molecular formula is C41H52N8O8. The number of imidazole rings is 2. The van der Waals surface area contributed by atoms with Crippen LogP contribution in [0.2, 0.25) is 0 Å². The first kappa shape index (κ1) is 40.9. The third-order valence-corrected chi connectivity index (χ3v) is 11.3. The number of ether oxygens (including phenoxy) is 4. The van der Waals surface area contributed by atoms with Gasteiger partial charge in [0.25, 0.3) is 0 Å². The Hall–Kier alpha value is -5.74. The van der Waals surface area contributed by atoms with Gasteiger partial charge in [0.15, 0.2) is 0 Å². The van der Waals surface area contributed by atoms with Crippen molar-refractivity contribution in [3.8, 4) is 33.6 Å². The van der Waals surface area contributed by atoms with Crippen LogP contribution in [-0.2, 0) is 34.1 Å². The van der Waals surface area contributed by atoms with E-state index in [1.165, 1.54) is 28.4 Å². The lowest BCUT2D eigenvalue weighted by molar-refractivity contribution is -0.141. The molecule has 0 bridgehead atoms. The largest absolute Gasteiger partial charge is 0.453 e. The number of methoxy groups -OCH3 is 4. The number of rotatable bonds is 13. The summed E-state index contributed by atoms with van der Waals surface area (Å²) in [5, 5.41) is 5.25. The Morgan fingerprint density at radius 1 is 0.719 bits per heavy atom. The van der Waals surface area contributed by atoms with Gasteiger partial charge >= 0.3 is 12.2 Å². The van der Waals surface area contributed by atoms with Crippen LogP contribution >= 0.6 is 0 Å². The smallest absolute Gasteiger partial charge is 0.407 e. The van der Waals surface area contributed by atoms with Gasteiger partial charge in [-0.15, -0.1) is 0 Å². The molecule has 16 heteroatoms. The van der Waals surface area contributed by atoms with Gasteiger partial charge in [-0.25, -0.2) is 19.6 Å². The summed E-state index contributed by atoms with van der Waals surface area (Å²) in [6.07, 6.45) is 4.06. The number of alkyl carbamates (subject to hydrolysis) is 2. The number of H-pyrrole nitrogens is 2. The molecule has 2 aliphatic heterocycles. The number of aromatic amines is 2. The molecule has 6 atom stereocenters. The molecule has 4 aromatic rings. The van der Waals surface area contributed by atoms with E-state index in [9.17, 15) is 19.2 Å². The van der Waals surface area contributed by atoms with Gasteiger partial charge < -0.3 is 49.3 Å². The van der Waals surface area contributed by atoms with Crippen molar-refractivity contribution in [2.75, 3.05) is 41.5 Å². The maximum absolute atomic E-state index is 13.8. The van der Waals surface area contributed by atoms with Gasteiger partial charge in [0.1, 0.15) is 23.7 Å². The summed E-state index contributed by atoms with van der Waals surface area (Å²) in [6, 6.07) is 14.3. The fourth-order valence-corrected chi connectivity index (χ4v) is 7.71. The molecule has 0 saturated carbocycles. The van der Waals surface area contributed by atoms with Gasteiger partial charge in [0.05, 0.1) is 61.8 Å². The molecule has 6 rings (SSSR count). The standard InChI is InChI=1S/C41H52N8O8/c1-24(54-4)33(46-39(52)56-6)36(50)48-20-8-10-32(48)35-42-22-30(44-35)28-15-11-26(12-16-28)27-13-17-29(18-14-27)31-23-43-38(45-31)41(3)19-9-21-49(41)37(51)34(25(2)55-5)47-40(53)57-7/h11-18,22-25,32-34H,8-10,19-21H2,1-7H3,(H,42,44)(H,43,45)(H,46,52)(H,47,53)/t24-,25-,32+,33+,34+,41?/m1/s1. The van der Waals surface area contributed by atoms with E-state index in [0.29, 0.717) is 31.2 Å². The summed E-state index contributed by atoms with van der Waals surface area (Å²) in [5.41, 5.74) is 4.90. The number of carbonyl (C=O) groups is 4. The van der Waals surface area contributed by atoms with E-state index < -0.39 is 42.0 Å². The molecule has 0 radical (unpaired) electrons. The van der Waals surface area contributed by atoms with Gasteiger partial charge in [0, 0.05) is 27.3 Å². The summed E-state index contributed by atoms with van der Waals surface area (Å²) in [4.78, 5) is 71.3. The van der Waals surface area contributed by atoms with E-state index in [1.807, 2.05) is 31.2 Å². The van der Waals surface area contributed by atoms with Crippen LogP contribution in [-0.4, -0.2) is 120 Å². The molecule has 304 valence electrons. The molecule has 2 aromatic carbocycles. The molecule has 4 amide bonds. The number of amides is 4. The summed E-state index contributed by atoms with van der Waals surface area (Å²) in [6.45, 7) is 6.50.